The number of ether oxygens (including phenoxy) is 2. The van der Waals surface area contributed by atoms with Crippen LogP contribution in [-0.2, 0) is 35.3 Å². The van der Waals surface area contributed by atoms with Crippen LogP contribution in [0.15, 0.2) is 64.8 Å². The fourth-order valence-electron chi connectivity index (χ4n) is 4.05. The Kier molecular flexibility index (Phi) is 9.55. The number of nitrogens with zero attached hydrogens (tertiary/aromatic N) is 5. The number of carbonyl (C=O) groups excluding carboxylic acids is 2. The molecule has 0 aliphatic carbocycles. The number of halogens is 3. The van der Waals surface area contributed by atoms with Crippen LogP contribution in [0.4, 0.5) is 18.0 Å². The molecule has 1 N–H and O–H groups in total. The van der Waals surface area contributed by atoms with Crippen molar-refractivity contribution >= 4 is 22.1 Å². The number of hydrazine groups is 1. The van der Waals surface area contributed by atoms with Crippen LogP contribution in [0.25, 0.3) is 16.9 Å². The fraction of sp³-hybridized carbons (Fsp3) is 0.370. The average molecular weight is 655 g/mol. The van der Waals surface area contributed by atoms with E-state index in [1.54, 1.807) is 38.1 Å². The molecule has 1 aliphatic heterocycles. The third-order valence-corrected chi connectivity index (χ3v) is 7.71. The molecule has 18 heteroatoms. The minimum Gasteiger partial charge on any atom is -0.569 e. The normalized spacial score (nSPS) is 16.1. The molecule has 45 heavy (non-hydrogen) atoms. The lowest BCUT2D eigenvalue weighted by Gasteiger charge is -2.34. The third kappa shape index (κ3) is 8.00. The molecule has 1 fully saturated rings. The Balaban J connectivity index is 1.45. The summed E-state index contributed by atoms with van der Waals surface area (Å²) in [6.45, 7) is 6.33. The number of benzene rings is 2. The van der Waals surface area contributed by atoms with Crippen molar-refractivity contribution in [3.05, 3.63) is 71.1 Å². The molecule has 0 radical (unpaired) electrons. The smallest absolute Gasteiger partial charge is 0.511 e. The first-order valence-electron chi connectivity index (χ1n) is 13.4. The van der Waals surface area contributed by atoms with Crippen molar-refractivity contribution in [3.8, 4) is 16.9 Å². The fourth-order valence-corrected chi connectivity index (χ4v) is 5.06. The summed E-state index contributed by atoms with van der Waals surface area (Å²) >= 11 is 0. The summed E-state index contributed by atoms with van der Waals surface area (Å²) in [5.41, 5.74) is 0.489. The highest BCUT2D eigenvalue weighted by Crippen LogP contribution is 2.33. The van der Waals surface area contributed by atoms with Crippen molar-refractivity contribution in [2.24, 2.45) is 5.28 Å². The SMILES string of the molecule is Cc1ccc(-c2cc(C(F)(F)F)nn2-c2ccc(S(=O)(=O)NC(=O)[C@@H]3CCN3/[N+]([O-])=N\OC(C)OC(=O)OC(C)C)cc2)cc1. The quantitative estimate of drug-likeness (QED) is 0.108. The summed E-state index contributed by atoms with van der Waals surface area (Å²) in [5, 5.41) is 20.1. The highest BCUT2D eigenvalue weighted by Gasteiger charge is 2.42. The van der Waals surface area contributed by atoms with Crippen molar-refractivity contribution in [3.63, 3.8) is 0 Å². The van der Waals surface area contributed by atoms with E-state index in [-0.39, 0.29) is 34.2 Å². The molecule has 4 rings (SSSR count). The van der Waals surface area contributed by atoms with Crippen LogP contribution >= 0.6 is 0 Å². The van der Waals surface area contributed by atoms with Gasteiger partial charge in [-0.25, -0.2) is 22.6 Å². The standard InChI is InChI=1S/C27H29F3N6O8S/c1-16(2)42-26(38)43-18(4)44-33-36(39)34-14-13-22(34)25(37)32-45(40,41)21-11-9-20(10-12-21)35-23(15-24(31-35)27(28,29)30)19-7-5-17(3)6-8-19/h5-12,15-16,18,22H,13-14H2,1-4H3,(H,32,37)/b36-33+/t18?,22-/m0/s1. The lowest BCUT2D eigenvalue weighted by atomic mass is 10.1. The second kappa shape index (κ2) is 13.0. The first-order chi connectivity index (χ1) is 21.0. The summed E-state index contributed by atoms with van der Waals surface area (Å²) < 4.78 is 78.8. The molecule has 0 bridgehead atoms. The summed E-state index contributed by atoms with van der Waals surface area (Å²) in [7, 11) is -4.45. The zero-order valence-electron chi connectivity index (χ0n) is 24.4. The van der Waals surface area contributed by atoms with Gasteiger partial charge in [-0.05, 0) is 51.1 Å². The lowest BCUT2D eigenvalue weighted by molar-refractivity contribution is -0.730. The maximum absolute atomic E-state index is 13.5. The summed E-state index contributed by atoms with van der Waals surface area (Å²) in [5.74, 6) is -1.03. The zero-order valence-corrected chi connectivity index (χ0v) is 25.2. The van der Waals surface area contributed by atoms with Crippen molar-refractivity contribution in [2.45, 2.75) is 63.6 Å². The maximum atomic E-state index is 13.5. The van der Waals surface area contributed by atoms with Crippen LogP contribution in [0.5, 0.6) is 0 Å². The average Bonchev–Trinajstić information content (AvgIpc) is 3.37. The van der Waals surface area contributed by atoms with Gasteiger partial charge < -0.3 is 14.7 Å². The van der Waals surface area contributed by atoms with Gasteiger partial charge in [0, 0.05) is 18.9 Å². The van der Waals surface area contributed by atoms with Gasteiger partial charge in [0.05, 0.1) is 33.9 Å². The molecule has 1 amide bonds. The van der Waals surface area contributed by atoms with E-state index in [1.165, 1.54) is 19.1 Å². The number of hydrogen-bond donors (Lipinski definition) is 1. The number of sulfonamides is 1. The number of nitrogens with one attached hydrogen (secondary N) is 1. The monoisotopic (exact) mass is 654 g/mol. The summed E-state index contributed by atoms with van der Waals surface area (Å²) in [6, 6.07) is 11.1. The molecule has 3 aromatic rings. The highest BCUT2D eigenvalue weighted by atomic mass is 32.2. The molecule has 1 aromatic heterocycles. The predicted molar refractivity (Wildman–Crippen MR) is 148 cm³/mol. The highest BCUT2D eigenvalue weighted by molar-refractivity contribution is 7.90. The molecule has 1 unspecified atom stereocenters. The van der Waals surface area contributed by atoms with Gasteiger partial charge >= 0.3 is 12.3 Å². The van der Waals surface area contributed by atoms with Gasteiger partial charge in [0.1, 0.15) is 0 Å². The Morgan fingerprint density at radius 1 is 1.09 bits per heavy atom. The first-order valence-corrected chi connectivity index (χ1v) is 14.9. The van der Waals surface area contributed by atoms with E-state index in [0.717, 1.165) is 33.5 Å². The van der Waals surface area contributed by atoms with Crippen molar-refractivity contribution in [1.82, 2.24) is 19.5 Å². The molecule has 0 saturated carbocycles. The summed E-state index contributed by atoms with van der Waals surface area (Å²) in [4.78, 5) is 28.6. The molecule has 242 valence electrons. The molecule has 2 atom stereocenters. The minimum absolute atomic E-state index is 0.0426. The first kappa shape index (κ1) is 33.0. The molecular weight excluding hydrogens is 625 g/mol. The van der Waals surface area contributed by atoms with Gasteiger partial charge in [0.15, 0.2) is 11.7 Å². The number of aromatic nitrogens is 2. The number of alkyl halides is 3. The van der Waals surface area contributed by atoms with Crippen LogP contribution < -0.4 is 4.72 Å². The van der Waals surface area contributed by atoms with Gasteiger partial charge in [-0.1, -0.05) is 29.8 Å². The number of rotatable bonds is 10. The van der Waals surface area contributed by atoms with Crippen LogP contribution in [0, 0.1) is 12.1 Å². The van der Waals surface area contributed by atoms with E-state index in [0.29, 0.717) is 5.56 Å². The van der Waals surface area contributed by atoms with Crippen molar-refractivity contribution < 1.29 is 50.5 Å². The van der Waals surface area contributed by atoms with Gasteiger partial charge in [-0.2, -0.15) is 18.3 Å². The number of carbonyl (C=O) groups is 2. The van der Waals surface area contributed by atoms with E-state index in [9.17, 15) is 36.4 Å². The molecule has 1 aliphatic rings. The van der Waals surface area contributed by atoms with Gasteiger partial charge in [0.25, 0.3) is 22.2 Å². The van der Waals surface area contributed by atoms with Crippen LogP contribution in [0.1, 0.15) is 38.4 Å². The van der Waals surface area contributed by atoms with Crippen molar-refractivity contribution in [2.75, 3.05) is 6.54 Å². The Morgan fingerprint density at radius 3 is 2.29 bits per heavy atom. The van der Waals surface area contributed by atoms with E-state index in [2.05, 4.69) is 10.4 Å². The van der Waals surface area contributed by atoms with E-state index >= 15 is 0 Å². The van der Waals surface area contributed by atoms with E-state index < -0.39 is 52.4 Å². The zero-order chi connectivity index (χ0) is 33.1. The molecule has 1 saturated heterocycles. The Bertz CT molecular complexity index is 1680. The minimum atomic E-state index is -4.72. The Labute approximate surface area is 255 Å². The van der Waals surface area contributed by atoms with Gasteiger partial charge in [-0.15, -0.1) is 5.01 Å². The molecule has 0 spiro atoms. The van der Waals surface area contributed by atoms with Crippen LogP contribution in [0.2, 0.25) is 0 Å². The largest absolute Gasteiger partial charge is 0.569 e. The number of hydrogen-bond acceptors (Lipinski definition) is 10. The van der Waals surface area contributed by atoms with Crippen LogP contribution in [0.3, 0.4) is 0 Å². The molecule has 14 nitrogen and oxygen atoms in total. The van der Waals surface area contributed by atoms with E-state index in [1.807, 2.05) is 11.6 Å². The van der Waals surface area contributed by atoms with Gasteiger partial charge in [0.2, 0.25) is 5.28 Å². The lowest BCUT2D eigenvalue weighted by Crippen LogP contribution is -2.59. The maximum Gasteiger partial charge on any atom is 0.511 e. The van der Waals surface area contributed by atoms with E-state index in [4.69, 9.17) is 14.3 Å². The second-order valence-electron chi connectivity index (χ2n) is 10.2. The third-order valence-electron chi connectivity index (χ3n) is 6.35. The van der Waals surface area contributed by atoms with Crippen LogP contribution in [-0.4, -0.2) is 65.2 Å². The Hall–Kier alpha value is -4.87. The second-order valence-corrected chi connectivity index (χ2v) is 11.8. The molecular formula is C27H29F3N6O8S. The Morgan fingerprint density at radius 2 is 1.73 bits per heavy atom. The topological polar surface area (TPSA) is 167 Å². The summed E-state index contributed by atoms with van der Waals surface area (Å²) in [6.07, 6.45) is -7.41. The predicted octanol–water partition coefficient (Wildman–Crippen LogP) is 4.46. The number of aryl methyl sites for hydroxylation is 1. The van der Waals surface area contributed by atoms with Gasteiger partial charge in [-0.3, -0.25) is 9.63 Å². The molecule has 2 heterocycles. The number of amides is 1. The van der Waals surface area contributed by atoms with Crippen molar-refractivity contribution in [1.29, 1.82) is 0 Å². The molecule has 2 aromatic carbocycles.